The van der Waals surface area contributed by atoms with Crippen molar-refractivity contribution < 1.29 is 13.3 Å². The lowest BCUT2D eigenvalue weighted by Crippen LogP contribution is -2.70. The lowest BCUT2D eigenvalue weighted by atomic mass is 10.5. The molecule has 0 aliphatic carbocycles. The molecule has 122 valence electrons. The topological polar surface area (TPSA) is 27.7 Å². The van der Waals surface area contributed by atoms with Crippen molar-refractivity contribution in [3.05, 3.63) is 0 Å². The number of hydrogen-bond acceptors (Lipinski definition) is 4. The molecule has 3 nitrogen and oxygen atoms in total. The molecule has 0 aromatic heterocycles. The van der Waals surface area contributed by atoms with E-state index in [0.717, 1.165) is 19.3 Å². The highest BCUT2D eigenvalue weighted by Crippen LogP contribution is 2.38. The molecule has 0 aliphatic rings. The van der Waals surface area contributed by atoms with Crippen LogP contribution in [0, 0.1) is 0 Å². The molecule has 0 saturated heterocycles. The summed E-state index contributed by atoms with van der Waals surface area (Å²) < 4.78 is 18.4. The van der Waals surface area contributed by atoms with E-state index in [1.54, 1.807) is 0 Å². The zero-order valence-corrected chi connectivity index (χ0v) is 17.3. The Kier molecular flexibility index (Phi) is 9.25. The molecule has 0 radical (unpaired) electrons. The van der Waals surface area contributed by atoms with E-state index in [-0.39, 0.29) is 3.99 Å². The van der Waals surface area contributed by atoms with Crippen LogP contribution in [-0.4, -0.2) is 40.7 Å². The largest absolute Gasteiger partial charge is 0.514 e. The van der Waals surface area contributed by atoms with Gasteiger partial charge in [-0.3, -0.25) is 0 Å². The van der Waals surface area contributed by atoms with Crippen LogP contribution in [0.3, 0.4) is 0 Å². The molecule has 0 unspecified atom stereocenters. The summed E-state index contributed by atoms with van der Waals surface area (Å²) in [7, 11) is -4.41. The second kappa shape index (κ2) is 8.95. The standard InChI is InChI=1S/C14H34O3SSi2/c1-8-11-15-20(16-12-9-2,17-13-10-3)14(4,18)19(5,6)7/h18H,8-13H2,1-7H3/t14-/m0/s1. The van der Waals surface area contributed by atoms with Crippen molar-refractivity contribution >= 4 is 29.5 Å². The Labute approximate surface area is 133 Å². The predicted molar refractivity (Wildman–Crippen MR) is 95.2 cm³/mol. The van der Waals surface area contributed by atoms with Crippen LogP contribution in [0.25, 0.3) is 0 Å². The molecule has 20 heavy (non-hydrogen) atoms. The summed E-state index contributed by atoms with van der Waals surface area (Å²) in [5.41, 5.74) is 0. The van der Waals surface area contributed by atoms with E-state index in [1.165, 1.54) is 0 Å². The van der Waals surface area contributed by atoms with Gasteiger partial charge in [0.05, 0.1) is 12.1 Å². The Morgan fingerprint density at radius 2 is 1.10 bits per heavy atom. The molecule has 0 aliphatic heterocycles. The lowest BCUT2D eigenvalue weighted by molar-refractivity contribution is 0.0546. The summed E-state index contributed by atoms with van der Waals surface area (Å²) in [5, 5.41) is 0. The van der Waals surface area contributed by atoms with Crippen LogP contribution in [0.2, 0.25) is 19.6 Å². The van der Waals surface area contributed by atoms with Gasteiger partial charge >= 0.3 is 8.80 Å². The average Bonchev–Trinajstić information content (AvgIpc) is 2.36. The Morgan fingerprint density at radius 3 is 1.30 bits per heavy atom. The van der Waals surface area contributed by atoms with Crippen LogP contribution in [0.4, 0.5) is 0 Å². The van der Waals surface area contributed by atoms with E-state index < -0.39 is 16.9 Å². The van der Waals surface area contributed by atoms with E-state index >= 15 is 0 Å². The van der Waals surface area contributed by atoms with Crippen molar-refractivity contribution in [1.82, 2.24) is 0 Å². The third kappa shape index (κ3) is 5.14. The number of thiol groups is 1. The molecular weight excluding hydrogens is 304 g/mol. The molecule has 0 amide bonds. The van der Waals surface area contributed by atoms with Gasteiger partial charge in [-0.2, -0.15) is 12.6 Å². The van der Waals surface area contributed by atoms with Gasteiger partial charge in [-0.1, -0.05) is 40.4 Å². The molecule has 0 N–H and O–H groups in total. The molecule has 0 fully saturated rings. The summed E-state index contributed by atoms with van der Waals surface area (Å²) >= 11 is 5.01. The first-order valence-corrected chi connectivity index (χ1v) is 13.5. The quantitative estimate of drug-likeness (QED) is 0.449. The van der Waals surface area contributed by atoms with Gasteiger partial charge < -0.3 is 13.3 Å². The molecule has 0 aromatic carbocycles. The minimum atomic E-state index is -2.80. The fourth-order valence-electron chi connectivity index (χ4n) is 1.72. The normalized spacial score (nSPS) is 16.2. The van der Waals surface area contributed by atoms with Crippen molar-refractivity contribution in [1.29, 1.82) is 0 Å². The van der Waals surface area contributed by atoms with E-state index in [2.05, 4.69) is 47.3 Å². The van der Waals surface area contributed by atoms with E-state index in [9.17, 15) is 0 Å². The molecule has 0 rings (SSSR count). The SMILES string of the molecule is CCCO[Si](OCCC)(OCCC)[C@@](C)(S)[Si](C)(C)C. The van der Waals surface area contributed by atoms with Gasteiger partial charge in [0.1, 0.15) is 0 Å². The van der Waals surface area contributed by atoms with Crippen molar-refractivity contribution in [2.75, 3.05) is 19.8 Å². The summed E-state index contributed by atoms with van der Waals surface area (Å²) in [6.45, 7) is 17.5. The van der Waals surface area contributed by atoms with Crippen LogP contribution in [0.15, 0.2) is 0 Å². The molecule has 6 heteroatoms. The average molecular weight is 339 g/mol. The molecular formula is C14H34O3SSi2. The first-order valence-electron chi connectivity index (χ1n) is 7.82. The second-order valence-corrected chi connectivity index (χ2v) is 17.1. The third-order valence-electron chi connectivity index (χ3n) is 3.55. The first-order chi connectivity index (χ1) is 9.18. The van der Waals surface area contributed by atoms with E-state index in [4.69, 9.17) is 25.9 Å². The molecule has 1 atom stereocenters. The molecule has 0 spiro atoms. The van der Waals surface area contributed by atoms with Gasteiger partial charge in [0.25, 0.3) is 0 Å². The molecule has 0 aromatic rings. The van der Waals surface area contributed by atoms with Gasteiger partial charge in [0.15, 0.2) is 0 Å². The maximum Gasteiger partial charge on any atom is 0.514 e. The number of rotatable bonds is 11. The fraction of sp³-hybridized carbons (Fsp3) is 1.00. The zero-order valence-electron chi connectivity index (χ0n) is 14.4. The third-order valence-corrected chi connectivity index (χ3v) is 15.4. The summed E-state index contributed by atoms with van der Waals surface area (Å²) in [6.07, 6.45) is 2.90. The Morgan fingerprint density at radius 1 is 0.800 bits per heavy atom. The predicted octanol–water partition coefficient (Wildman–Crippen LogP) is 4.31. The van der Waals surface area contributed by atoms with Crippen LogP contribution < -0.4 is 0 Å². The first kappa shape index (κ1) is 20.7. The lowest BCUT2D eigenvalue weighted by Gasteiger charge is -2.46. The Balaban J connectivity index is 5.43. The summed E-state index contributed by atoms with van der Waals surface area (Å²) in [6, 6.07) is 0. The molecule has 0 bridgehead atoms. The number of hydrogen-bond donors (Lipinski definition) is 1. The van der Waals surface area contributed by atoms with Crippen molar-refractivity contribution in [3.8, 4) is 0 Å². The molecule has 0 saturated carbocycles. The second-order valence-electron chi connectivity index (χ2n) is 6.42. The maximum atomic E-state index is 6.23. The minimum Gasteiger partial charge on any atom is -0.373 e. The van der Waals surface area contributed by atoms with Crippen molar-refractivity contribution in [3.63, 3.8) is 0 Å². The van der Waals surface area contributed by atoms with Gasteiger partial charge in [-0.15, -0.1) is 0 Å². The van der Waals surface area contributed by atoms with Crippen molar-refractivity contribution in [2.45, 2.75) is 70.6 Å². The highest BCUT2D eigenvalue weighted by atomic mass is 32.1. The molecule has 0 heterocycles. The Hall–Kier alpha value is 0.664. The van der Waals surface area contributed by atoms with Crippen LogP contribution >= 0.6 is 12.6 Å². The van der Waals surface area contributed by atoms with Gasteiger partial charge in [-0.25, -0.2) is 0 Å². The van der Waals surface area contributed by atoms with E-state index in [0.29, 0.717) is 19.8 Å². The van der Waals surface area contributed by atoms with Crippen LogP contribution in [0.5, 0.6) is 0 Å². The van der Waals surface area contributed by atoms with Gasteiger partial charge in [0, 0.05) is 19.8 Å². The maximum absolute atomic E-state index is 6.23. The van der Waals surface area contributed by atoms with Crippen molar-refractivity contribution in [2.24, 2.45) is 0 Å². The zero-order chi connectivity index (χ0) is 15.9. The van der Waals surface area contributed by atoms with E-state index in [1.807, 2.05) is 0 Å². The Bertz CT molecular complexity index is 246. The highest BCUT2D eigenvalue weighted by Gasteiger charge is 2.62. The van der Waals surface area contributed by atoms with Crippen LogP contribution in [-0.2, 0) is 13.3 Å². The summed E-state index contributed by atoms with van der Waals surface area (Å²) in [4.78, 5) is 0. The minimum absolute atomic E-state index is 0.292. The van der Waals surface area contributed by atoms with Gasteiger partial charge in [-0.05, 0) is 26.2 Å². The summed E-state index contributed by atoms with van der Waals surface area (Å²) in [5.74, 6) is 0. The smallest absolute Gasteiger partial charge is 0.373 e. The fourth-order valence-corrected chi connectivity index (χ4v) is 9.13. The van der Waals surface area contributed by atoms with Crippen LogP contribution in [0.1, 0.15) is 47.0 Å². The highest BCUT2D eigenvalue weighted by molar-refractivity contribution is 7.86. The monoisotopic (exact) mass is 338 g/mol. The van der Waals surface area contributed by atoms with Gasteiger partial charge in [0.2, 0.25) is 0 Å².